The van der Waals surface area contributed by atoms with Crippen LogP contribution >= 0.6 is 15.9 Å². The number of carbonyl (C=O) groups excluding carboxylic acids is 2. The fourth-order valence-electron chi connectivity index (χ4n) is 8.00. The second kappa shape index (κ2) is 7.84. The summed E-state index contributed by atoms with van der Waals surface area (Å²) >= 11 is 3.37. The molecule has 1 spiro atoms. The lowest BCUT2D eigenvalue weighted by Crippen LogP contribution is -2.68. The smallest absolute Gasteiger partial charge is 0.358 e. The van der Waals surface area contributed by atoms with Crippen LogP contribution in [-0.4, -0.2) is 52.0 Å². The molecule has 2 bridgehead atoms. The van der Waals surface area contributed by atoms with Gasteiger partial charge in [0.15, 0.2) is 29.0 Å². The van der Waals surface area contributed by atoms with Crippen molar-refractivity contribution in [2.24, 2.45) is 34.5 Å². The second-order valence-corrected chi connectivity index (χ2v) is 13.5. The number of aliphatic hydroxyl groups is 1. The summed E-state index contributed by atoms with van der Waals surface area (Å²) in [6.45, 7) is 12.2. The summed E-state index contributed by atoms with van der Waals surface area (Å²) in [7, 11) is 0. The Bertz CT molecular complexity index is 1270. The van der Waals surface area contributed by atoms with Crippen LogP contribution in [0.3, 0.4) is 0 Å². The molecule has 1 aliphatic heterocycles. The number of ether oxygens (including phenoxy) is 3. The van der Waals surface area contributed by atoms with Gasteiger partial charge >= 0.3 is 5.97 Å². The summed E-state index contributed by atoms with van der Waals surface area (Å²) in [6, 6.07) is 3.42. The van der Waals surface area contributed by atoms with E-state index in [4.69, 9.17) is 14.2 Å². The maximum absolute atomic E-state index is 14.7. The number of nitrogens with zero attached hydrogens (tertiary/aromatic N) is 1. The molecule has 2 unspecified atom stereocenters. The third-order valence-corrected chi connectivity index (χ3v) is 10.5. The van der Waals surface area contributed by atoms with Gasteiger partial charge in [0.05, 0.1) is 16.5 Å². The van der Waals surface area contributed by atoms with Crippen molar-refractivity contribution >= 4 is 27.7 Å². The van der Waals surface area contributed by atoms with E-state index < -0.39 is 35.0 Å². The van der Waals surface area contributed by atoms with E-state index in [2.05, 4.69) is 41.7 Å². The van der Waals surface area contributed by atoms with Gasteiger partial charge in [0, 0.05) is 12.1 Å². The molecule has 1 aromatic heterocycles. The van der Waals surface area contributed by atoms with Crippen molar-refractivity contribution in [3.05, 3.63) is 51.8 Å². The minimum Gasteiger partial charge on any atom is -0.450 e. The van der Waals surface area contributed by atoms with Crippen LogP contribution < -0.4 is 0 Å². The Labute approximate surface area is 225 Å². The number of hydrogen-bond donors (Lipinski definition) is 1. The molecule has 1 N–H and O–H groups in total. The molecule has 8 heteroatoms. The third kappa shape index (κ3) is 3.25. The number of esters is 1. The summed E-state index contributed by atoms with van der Waals surface area (Å²) in [6.07, 6.45) is 4.23. The fraction of sp³-hybridized carbons (Fsp3) is 0.621. The topological polar surface area (TPSA) is 95.0 Å². The summed E-state index contributed by atoms with van der Waals surface area (Å²) < 4.78 is 19.0. The molecule has 7 nitrogen and oxygen atoms in total. The molecule has 1 aromatic rings. The van der Waals surface area contributed by atoms with E-state index in [1.807, 2.05) is 19.1 Å². The monoisotopic (exact) mass is 571 g/mol. The minimum atomic E-state index is -1.84. The van der Waals surface area contributed by atoms with E-state index in [1.165, 1.54) is 6.20 Å². The van der Waals surface area contributed by atoms with Gasteiger partial charge < -0.3 is 19.3 Å². The normalized spacial score (nSPS) is 42.8. The molecule has 2 heterocycles. The number of pyridine rings is 1. The molecule has 4 aliphatic carbocycles. The highest BCUT2D eigenvalue weighted by Gasteiger charge is 2.77. The predicted molar refractivity (Wildman–Crippen MR) is 138 cm³/mol. The van der Waals surface area contributed by atoms with E-state index in [9.17, 15) is 14.7 Å². The van der Waals surface area contributed by atoms with E-state index in [-0.39, 0.29) is 41.3 Å². The standard InChI is InChI=1S/C29H34BrNO6/c1-14-12-28-15(2)10-18-20(26(18,3)4)17(22(28)32)11-16-13-35-27(5,6)37-24(16)29(28,34)23(14)36-25(33)21-19(30)8-7-9-31-21/h7-9,11-12,15,17-18,20,23-24,34H,10,13H2,1-6H3/t15?,17-,18+,20-,23-,24+,28?,29+/m0/s1. The highest BCUT2D eigenvalue weighted by atomic mass is 79.9. The first-order valence-electron chi connectivity index (χ1n) is 13.1. The van der Waals surface area contributed by atoms with Crippen LogP contribution in [0.1, 0.15) is 58.5 Å². The molecule has 3 fully saturated rings. The molecular weight excluding hydrogens is 538 g/mol. The Balaban J connectivity index is 1.52. The van der Waals surface area contributed by atoms with Crippen molar-refractivity contribution in [2.75, 3.05) is 6.61 Å². The predicted octanol–water partition coefficient (Wildman–Crippen LogP) is 4.64. The van der Waals surface area contributed by atoms with E-state index in [0.717, 1.165) is 12.0 Å². The fourth-order valence-corrected chi connectivity index (χ4v) is 8.42. The molecule has 2 saturated carbocycles. The van der Waals surface area contributed by atoms with Gasteiger partial charge in [-0.1, -0.05) is 32.9 Å². The van der Waals surface area contributed by atoms with Crippen molar-refractivity contribution in [3.8, 4) is 0 Å². The second-order valence-electron chi connectivity index (χ2n) is 12.6. The van der Waals surface area contributed by atoms with Crippen LogP contribution in [0.15, 0.2) is 46.1 Å². The van der Waals surface area contributed by atoms with Crippen molar-refractivity contribution < 1.29 is 28.9 Å². The highest BCUT2D eigenvalue weighted by molar-refractivity contribution is 9.10. The molecule has 1 saturated heterocycles. The zero-order valence-corrected chi connectivity index (χ0v) is 23.7. The third-order valence-electron chi connectivity index (χ3n) is 9.85. The first-order chi connectivity index (χ1) is 17.3. The molecule has 5 aliphatic rings. The SMILES string of the molecule is CC1=CC23C(=O)[C@@H](C=C4COC(C)(C)O[C@H]4[C@]2(O)[C@H]1OC(=O)c1ncccc1Br)[C@H]1[C@@H](CC3C)C1(C)C. The Hall–Kier alpha value is -1.87. The Morgan fingerprint density at radius 2 is 2.00 bits per heavy atom. The molecule has 6 rings (SSSR count). The first-order valence-corrected chi connectivity index (χ1v) is 13.8. The van der Waals surface area contributed by atoms with E-state index in [0.29, 0.717) is 16.0 Å². The van der Waals surface area contributed by atoms with Gasteiger partial charge in [-0.25, -0.2) is 9.78 Å². The molecule has 8 atom stereocenters. The number of carbonyl (C=O) groups is 2. The van der Waals surface area contributed by atoms with E-state index >= 15 is 0 Å². The molecule has 37 heavy (non-hydrogen) atoms. The Morgan fingerprint density at radius 1 is 1.27 bits per heavy atom. The van der Waals surface area contributed by atoms with Crippen LogP contribution in [-0.2, 0) is 19.0 Å². The summed E-state index contributed by atoms with van der Waals surface area (Å²) in [5.74, 6) is -1.68. The van der Waals surface area contributed by atoms with Crippen LogP contribution in [0.25, 0.3) is 0 Å². The van der Waals surface area contributed by atoms with Crippen molar-refractivity contribution in [3.63, 3.8) is 0 Å². The van der Waals surface area contributed by atoms with Gasteiger partial charge in [-0.05, 0) is 89.6 Å². The zero-order valence-electron chi connectivity index (χ0n) is 22.1. The highest BCUT2D eigenvalue weighted by Crippen LogP contribution is 2.72. The molecule has 0 aromatic carbocycles. The summed E-state index contributed by atoms with van der Waals surface area (Å²) in [5, 5.41) is 13.0. The average molecular weight is 572 g/mol. The Morgan fingerprint density at radius 3 is 2.70 bits per heavy atom. The average Bonchev–Trinajstić information content (AvgIpc) is 3.31. The van der Waals surface area contributed by atoms with Crippen molar-refractivity contribution in [2.45, 2.75) is 71.6 Å². The van der Waals surface area contributed by atoms with Crippen molar-refractivity contribution in [1.29, 1.82) is 0 Å². The van der Waals surface area contributed by atoms with E-state index in [1.54, 1.807) is 26.0 Å². The largest absolute Gasteiger partial charge is 0.450 e. The molecule has 198 valence electrons. The van der Waals surface area contributed by atoms with Crippen LogP contribution in [0.5, 0.6) is 0 Å². The summed E-state index contributed by atoms with van der Waals surface area (Å²) in [5.41, 5.74) is -1.58. The van der Waals surface area contributed by atoms with Gasteiger partial charge in [0.2, 0.25) is 0 Å². The van der Waals surface area contributed by atoms with Gasteiger partial charge in [-0.2, -0.15) is 0 Å². The zero-order chi connectivity index (χ0) is 26.7. The first kappa shape index (κ1) is 25.4. The number of ketones is 1. The number of hydrogen-bond acceptors (Lipinski definition) is 7. The van der Waals surface area contributed by atoms with Gasteiger partial charge in [-0.3, -0.25) is 4.79 Å². The molecule has 0 amide bonds. The number of fused-ring (bicyclic) bond motifs is 5. The lowest BCUT2D eigenvalue weighted by atomic mass is 9.59. The van der Waals surface area contributed by atoms with Crippen LogP contribution in [0, 0.1) is 34.5 Å². The number of rotatable bonds is 2. The number of Topliss-reactive ketones (excluding diaryl/α,β-unsaturated/α-hetero) is 1. The lowest BCUT2D eigenvalue weighted by molar-refractivity contribution is -0.302. The maximum atomic E-state index is 14.7. The van der Waals surface area contributed by atoms with Crippen molar-refractivity contribution in [1.82, 2.24) is 4.98 Å². The quantitative estimate of drug-likeness (QED) is 0.408. The molecule has 0 radical (unpaired) electrons. The summed E-state index contributed by atoms with van der Waals surface area (Å²) in [4.78, 5) is 32.3. The number of halogens is 1. The Kier molecular flexibility index (Phi) is 5.38. The molecular formula is C29H34BrNO6. The van der Waals surface area contributed by atoms with Crippen LogP contribution in [0.2, 0.25) is 0 Å². The van der Waals surface area contributed by atoms with Gasteiger partial charge in [-0.15, -0.1) is 0 Å². The van der Waals surface area contributed by atoms with Gasteiger partial charge in [0.1, 0.15) is 6.10 Å². The maximum Gasteiger partial charge on any atom is 0.358 e. The lowest BCUT2D eigenvalue weighted by Gasteiger charge is -2.52. The number of aromatic nitrogens is 1. The number of allylic oxidation sites excluding steroid dienone is 1. The van der Waals surface area contributed by atoms with Crippen LogP contribution in [0.4, 0.5) is 0 Å². The van der Waals surface area contributed by atoms with Gasteiger partial charge in [0.25, 0.3) is 0 Å². The minimum absolute atomic E-state index is 0.0132.